The lowest BCUT2D eigenvalue weighted by molar-refractivity contribution is -0.118. The molecule has 3 aromatic rings. The van der Waals surface area contributed by atoms with Crippen molar-refractivity contribution in [3.63, 3.8) is 0 Å². The van der Waals surface area contributed by atoms with Gasteiger partial charge in [-0.2, -0.15) is 0 Å². The van der Waals surface area contributed by atoms with Gasteiger partial charge in [0.05, 0.1) is 0 Å². The summed E-state index contributed by atoms with van der Waals surface area (Å²) in [4.78, 5) is 24.8. The van der Waals surface area contributed by atoms with Crippen molar-refractivity contribution in [2.75, 3.05) is 17.2 Å². The third-order valence-corrected chi connectivity index (χ3v) is 4.86. The van der Waals surface area contributed by atoms with Crippen LogP contribution in [-0.4, -0.2) is 18.4 Å². The molecule has 0 aliphatic rings. The predicted octanol–water partition coefficient (Wildman–Crippen LogP) is 5.47. The average Bonchev–Trinajstić information content (AvgIpc) is 2.78. The zero-order valence-electron chi connectivity index (χ0n) is 17.2. The van der Waals surface area contributed by atoms with E-state index in [0.29, 0.717) is 22.9 Å². The van der Waals surface area contributed by atoms with Crippen molar-refractivity contribution in [3.05, 3.63) is 90.0 Å². The molecule has 1 atom stereocenters. The van der Waals surface area contributed by atoms with Crippen molar-refractivity contribution in [3.8, 4) is 5.75 Å². The Bertz CT molecular complexity index is 1000. The SMILES string of the molecule is CCC(C)c1ccccc1OCC(=O)Nc1cccc(C(=O)Nc2ccccc2)c1. The molecule has 3 aromatic carbocycles. The number of nitrogens with one attached hydrogen (secondary N) is 2. The topological polar surface area (TPSA) is 67.4 Å². The second-order valence-electron chi connectivity index (χ2n) is 7.08. The van der Waals surface area contributed by atoms with Gasteiger partial charge in [-0.15, -0.1) is 0 Å². The zero-order valence-corrected chi connectivity index (χ0v) is 17.2. The number of hydrogen-bond donors (Lipinski definition) is 2. The molecule has 5 nitrogen and oxygen atoms in total. The molecular formula is C25H26N2O3. The maximum atomic E-state index is 12.4. The molecule has 0 spiro atoms. The van der Waals surface area contributed by atoms with E-state index in [-0.39, 0.29) is 18.4 Å². The molecule has 0 radical (unpaired) electrons. The second-order valence-corrected chi connectivity index (χ2v) is 7.08. The molecule has 0 saturated heterocycles. The first-order chi connectivity index (χ1) is 14.6. The summed E-state index contributed by atoms with van der Waals surface area (Å²) in [6, 6.07) is 23.8. The maximum Gasteiger partial charge on any atom is 0.262 e. The number of carbonyl (C=O) groups is 2. The Balaban J connectivity index is 1.60. The molecule has 0 aliphatic heterocycles. The molecule has 0 saturated carbocycles. The number of anilines is 2. The van der Waals surface area contributed by atoms with Crippen LogP contribution in [0.2, 0.25) is 0 Å². The molecule has 2 N–H and O–H groups in total. The molecule has 1 unspecified atom stereocenters. The fourth-order valence-electron chi connectivity index (χ4n) is 3.04. The van der Waals surface area contributed by atoms with E-state index in [4.69, 9.17) is 4.74 Å². The van der Waals surface area contributed by atoms with Crippen LogP contribution in [-0.2, 0) is 4.79 Å². The van der Waals surface area contributed by atoms with Crippen LogP contribution < -0.4 is 15.4 Å². The maximum absolute atomic E-state index is 12.4. The van der Waals surface area contributed by atoms with Gasteiger partial charge in [0.25, 0.3) is 11.8 Å². The van der Waals surface area contributed by atoms with Gasteiger partial charge < -0.3 is 15.4 Å². The van der Waals surface area contributed by atoms with E-state index < -0.39 is 0 Å². The predicted molar refractivity (Wildman–Crippen MR) is 120 cm³/mol. The van der Waals surface area contributed by atoms with E-state index in [1.54, 1.807) is 24.3 Å². The quantitative estimate of drug-likeness (QED) is 0.525. The number of carbonyl (C=O) groups excluding carboxylic acids is 2. The highest BCUT2D eigenvalue weighted by atomic mass is 16.5. The van der Waals surface area contributed by atoms with Gasteiger partial charge in [0.2, 0.25) is 0 Å². The zero-order chi connectivity index (χ0) is 21.3. The molecule has 0 aromatic heterocycles. The van der Waals surface area contributed by atoms with Gasteiger partial charge in [-0.05, 0) is 54.3 Å². The molecule has 0 bridgehead atoms. The Kier molecular flexibility index (Phi) is 7.22. The van der Waals surface area contributed by atoms with Crippen LogP contribution in [0.25, 0.3) is 0 Å². The third kappa shape index (κ3) is 5.70. The minimum absolute atomic E-state index is 0.103. The van der Waals surface area contributed by atoms with Crippen molar-refractivity contribution in [2.24, 2.45) is 0 Å². The van der Waals surface area contributed by atoms with E-state index in [2.05, 4.69) is 24.5 Å². The highest BCUT2D eigenvalue weighted by Gasteiger charge is 2.12. The summed E-state index contributed by atoms with van der Waals surface area (Å²) in [5.41, 5.74) is 2.80. The van der Waals surface area contributed by atoms with E-state index in [0.717, 1.165) is 17.7 Å². The minimum atomic E-state index is -0.283. The molecule has 30 heavy (non-hydrogen) atoms. The fourth-order valence-corrected chi connectivity index (χ4v) is 3.04. The van der Waals surface area contributed by atoms with Crippen LogP contribution in [0.1, 0.15) is 42.1 Å². The van der Waals surface area contributed by atoms with Crippen LogP contribution in [0.15, 0.2) is 78.9 Å². The molecule has 2 amide bonds. The number of hydrogen-bond acceptors (Lipinski definition) is 3. The Morgan fingerprint density at radius 2 is 1.57 bits per heavy atom. The summed E-state index contributed by atoms with van der Waals surface area (Å²) in [5.74, 6) is 0.549. The number of para-hydroxylation sites is 2. The van der Waals surface area contributed by atoms with Crippen LogP contribution in [0.5, 0.6) is 5.75 Å². The second kappa shape index (κ2) is 10.3. The summed E-state index contributed by atoms with van der Waals surface area (Å²) in [6.45, 7) is 4.15. The van der Waals surface area contributed by atoms with Crippen molar-refractivity contribution in [1.82, 2.24) is 0 Å². The highest BCUT2D eigenvalue weighted by Crippen LogP contribution is 2.28. The molecule has 0 fully saturated rings. The van der Waals surface area contributed by atoms with Crippen molar-refractivity contribution < 1.29 is 14.3 Å². The Hall–Kier alpha value is -3.60. The van der Waals surface area contributed by atoms with Gasteiger partial charge in [-0.3, -0.25) is 9.59 Å². The lowest BCUT2D eigenvalue weighted by Gasteiger charge is -2.15. The van der Waals surface area contributed by atoms with Crippen molar-refractivity contribution in [1.29, 1.82) is 0 Å². The standard InChI is InChI=1S/C25H26N2O3/c1-3-18(2)22-14-7-8-15-23(22)30-17-24(28)26-21-13-9-10-19(16-21)25(29)27-20-11-5-4-6-12-20/h4-16,18H,3,17H2,1-2H3,(H,26,28)(H,27,29). The molecule has 5 heteroatoms. The Morgan fingerprint density at radius 1 is 0.867 bits per heavy atom. The van der Waals surface area contributed by atoms with Gasteiger partial charge in [0.1, 0.15) is 5.75 Å². The monoisotopic (exact) mass is 402 g/mol. The molecule has 3 rings (SSSR count). The van der Waals surface area contributed by atoms with E-state index in [1.165, 1.54) is 0 Å². The van der Waals surface area contributed by atoms with Gasteiger partial charge in [-0.25, -0.2) is 0 Å². The van der Waals surface area contributed by atoms with Crippen LogP contribution in [0.3, 0.4) is 0 Å². The molecular weight excluding hydrogens is 376 g/mol. The number of rotatable bonds is 8. The fraction of sp³-hybridized carbons (Fsp3) is 0.200. The normalized spacial score (nSPS) is 11.4. The van der Waals surface area contributed by atoms with Gasteiger partial charge in [0, 0.05) is 16.9 Å². The van der Waals surface area contributed by atoms with Gasteiger partial charge >= 0.3 is 0 Å². The van der Waals surface area contributed by atoms with Crippen LogP contribution in [0.4, 0.5) is 11.4 Å². The van der Waals surface area contributed by atoms with Crippen molar-refractivity contribution in [2.45, 2.75) is 26.2 Å². The molecule has 154 valence electrons. The first-order valence-electron chi connectivity index (χ1n) is 10.0. The largest absolute Gasteiger partial charge is 0.483 e. The Morgan fingerprint density at radius 3 is 2.33 bits per heavy atom. The lowest BCUT2D eigenvalue weighted by atomic mass is 9.98. The number of ether oxygens (including phenoxy) is 1. The highest BCUT2D eigenvalue weighted by molar-refractivity contribution is 6.05. The first kappa shape index (κ1) is 21.1. The van der Waals surface area contributed by atoms with E-state index in [9.17, 15) is 9.59 Å². The van der Waals surface area contributed by atoms with E-state index in [1.807, 2.05) is 54.6 Å². The lowest BCUT2D eigenvalue weighted by Crippen LogP contribution is -2.21. The third-order valence-electron chi connectivity index (χ3n) is 4.86. The smallest absolute Gasteiger partial charge is 0.262 e. The minimum Gasteiger partial charge on any atom is -0.483 e. The summed E-state index contributed by atoms with van der Waals surface area (Å²) >= 11 is 0. The van der Waals surface area contributed by atoms with Crippen LogP contribution >= 0.6 is 0 Å². The first-order valence-corrected chi connectivity index (χ1v) is 10.0. The van der Waals surface area contributed by atoms with Crippen molar-refractivity contribution >= 4 is 23.2 Å². The van der Waals surface area contributed by atoms with Crippen LogP contribution in [0, 0.1) is 0 Å². The summed E-state index contributed by atoms with van der Waals surface area (Å²) in [5, 5.41) is 5.62. The average molecular weight is 402 g/mol. The molecule has 0 aliphatic carbocycles. The number of amides is 2. The Labute approximate surface area is 177 Å². The summed E-state index contributed by atoms with van der Waals surface area (Å²) in [6.07, 6.45) is 0.990. The van der Waals surface area contributed by atoms with E-state index >= 15 is 0 Å². The molecule has 0 heterocycles. The van der Waals surface area contributed by atoms with Gasteiger partial charge in [0.15, 0.2) is 6.61 Å². The van der Waals surface area contributed by atoms with Gasteiger partial charge in [-0.1, -0.05) is 56.3 Å². The summed E-state index contributed by atoms with van der Waals surface area (Å²) in [7, 11) is 0. The number of benzene rings is 3. The summed E-state index contributed by atoms with van der Waals surface area (Å²) < 4.78 is 5.76.